The van der Waals surface area contributed by atoms with E-state index in [1.54, 1.807) is 18.2 Å². The minimum atomic E-state index is -0.277. The lowest BCUT2D eigenvalue weighted by Gasteiger charge is -2.17. The summed E-state index contributed by atoms with van der Waals surface area (Å²) >= 11 is 4.84. The Kier molecular flexibility index (Phi) is 3.97. The standard InChI is InChI=1S/C14H19FN2S/c1-9-6-11(9)8-17(2)7-10-4-3-5-12(13(10)15)14(16)18/h3-5,9,11H,6-8H2,1-2H3,(H2,16,18). The summed E-state index contributed by atoms with van der Waals surface area (Å²) in [6.45, 7) is 3.88. The molecule has 2 atom stereocenters. The molecular formula is C14H19FN2S. The maximum absolute atomic E-state index is 14.1. The van der Waals surface area contributed by atoms with E-state index < -0.39 is 0 Å². The molecule has 98 valence electrons. The van der Waals surface area contributed by atoms with Crippen molar-refractivity contribution in [3.8, 4) is 0 Å². The molecule has 2 unspecified atom stereocenters. The van der Waals surface area contributed by atoms with Crippen LogP contribution < -0.4 is 5.73 Å². The molecule has 2 rings (SSSR count). The second kappa shape index (κ2) is 5.33. The molecule has 1 aromatic rings. The molecule has 2 N–H and O–H groups in total. The Balaban J connectivity index is 2.04. The number of rotatable bonds is 5. The monoisotopic (exact) mass is 266 g/mol. The van der Waals surface area contributed by atoms with E-state index in [2.05, 4.69) is 11.8 Å². The van der Waals surface area contributed by atoms with Gasteiger partial charge in [-0.3, -0.25) is 0 Å². The lowest BCUT2D eigenvalue weighted by molar-refractivity contribution is 0.303. The average molecular weight is 266 g/mol. The van der Waals surface area contributed by atoms with E-state index in [1.165, 1.54) is 6.42 Å². The van der Waals surface area contributed by atoms with Gasteiger partial charge in [-0.1, -0.05) is 31.3 Å². The molecule has 0 saturated heterocycles. The Morgan fingerprint density at radius 2 is 2.22 bits per heavy atom. The van der Waals surface area contributed by atoms with Crippen molar-refractivity contribution < 1.29 is 4.39 Å². The number of halogens is 1. The summed E-state index contributed by atoms with van der Waals surface area (Å²) in [5.74, 6) is 1.32. The van der Waals surface area contributed by atoms with Gasteiger partial charge in [-0.25, -0.2) is 4.39 Å². The Hall–Kier alpha value is -1.00. The van der Waals surface area contributed by atoms with Crippen LogP contribution in [0.2, 0.25) is 0 Å². The second-order valence-electron chi connectivity index (χ2n) is 5.31. The molecular weight excluding hydrogens is 247 g/mol. The third-order valence-corrected chi connectivity index (χ3v) is 3.83. The summed E-state index contributed by atoms with van der Waals surface area (Å²) in [7, 11) is 2.03. The fourth-order valence-corrected chi connectivity index (χ4v) is 2.46. The quantitative estimate of drug-likeness (QED) is 0.831. The molecule has 0 bridgehead atoms. The summed E-state index contributed by atoms with van der Waals surface area (Å²) in [6, 6.07) is 5.23. The Bertz CT molecular complexity index is 461. The van der Waals surface area contributed by atoms with E-state index in [-0.39, 0.29) is 10.8 Å². The second-order valence-corrected chi connectivity index (χ2v) is 5.75. The number of nitrogens with zero attached hydrogens (tertiary/aromatic N) is 1. The molecule has 18 heavy (non-hydrogen) atoms. The van der Waals surface area contributed by atoms with E-state index in [1.807, 2.05) is 7.05 Å². The molecule has 0 radical (unpaired) electrons. The molecule has 0 spiro atoms. The molecule has 0 heterocycles. The van der Waals surface area contributed by atoms with E-state index in [9.17, 15) is 4.39 Å². The molecule has 1 saturated carbocycles. The van der Waals surface area contributed by atoms with Gasteiger partial charge in [-0.15, -0.1) is 0 Å². The highest BCUT2D eigenvalue weighted by molar-refractivity contribution is 7.80. The fourth-order valence-electron chi connectivity index (χ4n) is 2.30. The molecule has 0 aromatic heterocycles. The highest BCUT2D eigenvalue weighted by Gasteiger charge is 2.33. The normalized spacial score (nSPS) is 22.2. The first-order valence-corrected chi connectivity index (χ1v) is 6.65. The molecule has 1 aliphatic rings. The largest absolute Gasteiger partial charge is 0.389 e. The lowest BCUT2D eigenvalue weighted by Crippen LogP contribution is -2.22. The minimum Gasteiger partial charge on any atom is -0.389 e. The van der Waals surface area contributed by atoms with Crippen LogP contribution >= 0.6 is 12.2 Å². The first kappa shape index (κ1) is 13.4. The predicted molar refractivity (Wildman–Crippen MR) is 75.9 cm³/mol. The van der Waals surface area contributed by atoms with Gasteiger partial charge in [0.25, 0.3) is 0 Å². The number of thiocarbonyl (C=S) groups is 1. The number of hydrogen-bond donors (Lipinski definition) is 1. The van der Waals surface area contributed by atoms with Gasteiger partial charge in [0.2, 0.25) is 0 Å². The summed E-state index contributed by atoms with van der Waals surface area (Å²) in [5.41, 5.74) is 6.51. The van der Waals surface area contributed by atoms with Crippen molar-refractivity contribution in [2.45, 2.75) is 19.9 Å². The number of benzene rings is 1. The zero-order valence-electron chi connectivity index (χ0n) is 10.8. The van der Waals surface area contributed by atoms with Crippen LogP contribution in [0, 0.1) is 17.7 Å². The highest BCUT2D eigenvalue weighted by atomic mass is 32.1. The summed E-state index contributed by atoms with van der Waals surface area (Å²) in [4.78, 5) is 2.28. The van der Waals surface area contributed by atoms with Gasteiger partial charge in [0.05, 0.1) is 0 Å². The van der Waals surface area contributed by atoms with E-state index >= 15 is 0 Å². The van der Waals surface area contributed by atoms with Gasteiger partial charge in [-0.05, 0) is 31.4 Å². The van der Waals surface area contributed by atoms with Gasteiger partial charge in [-0.2, -0.15) is 0 Å². The van der Waals surface area contributed by atoms with Gasteiger partial charge in [0.1, 0.15) is 10.8 Å². The molecule has 1 fully saturated rings. The van der Waals surface area contributed by atoms with Crippen molar-refractivity contribution in [1.82, 2.24) is 4.90 Å². The molecule has 0 amide bonds. The summed E-state index contributed by atoms with van der Waals surface area (Å²) < 4.78 is 14.1. The van der Waals surface area contributed by atoms with E-state index in [4.69, 9.17) is 18.0 Å². The SMILES string of the molecule is CC1CC1CN(C)Cc1cccc(C(N)=S)c1F. The van der Waals surface area contributed by atoms with E-state index in [0.29, 0.717) is 17.7 Å². The van der Waals surface area contributed by atoms with Crippen LogP contribution in [0.3, 0.4) is 0 Å². The number of nitrogens with two attached hydrogens (primary N) is 1. The minimum absolute atomic E-state index is 0.118. The van der Waals surface area contributed by atoms with Crippen LogP contribution in [0.4, 0.5) is 4.39 Å². The summed E-state index contributed by atoms with van der Waals surface area (Å²) in [6.07, 6.45) is 1.29. The molecule has 0 aliphatic heterocycles. The van der Waals surface area contributed by atoms with E-state index in [0.717, 1.165) is 18.4 Å². The molecule has 4 heteroatoms. The highest BCUT2D eigenvalue weighted by Crippen LogP contribution is 2.38. The fraction of sp³-hybridized carbons (Fsp3) is 0.500. The van der Waals surface area contributed by atoms with Crippen molar-refractivity contribution in [1.29, 1.82) is 0 Å². The molecule has 2 nitrogen and oxygen atoms in total. The molecule has 1 aromatic carbocycles. The topological polar surface area (TPSA) is 29.3 Å². The van der Waals surface area contributed by atoms with Crippen LogP contribution in [-0.2, 0) is 6.54 Å². The Morgan fingerprint density at radius 3 is 2.78 bits per heavy atom. The summed E-state index contributed by atoms with van der Waals surface area (Å²) in [5, 5.41) is 0. The molecule has 1 aliphatic carbocycles. The van der Waals surface area contributed by atoms with Crippen LogP contribution in [0.25, 0.3) is 0 Å². The zero-order chi connectivity index (χ0) is 13.3. The predicted octanol–water partition coefficient (Wildman–Crippen LogP) is 2.55. The van der Waals surface area contributed by atoms with Gasteiger partial charge < -0.3 is 10.6 Å². The van der Waals surface area contributed by atoms with Crippen LogP contribution in [0.1, 0.15) is 24.5 Å². The third-order valence-electron chi connectivity index (χ3n) is 3.61. The van der Waals surface area contributed by atoms with Gasteiger partial charge in [0, 0.05) is 24.2 Å². The Labute approximate surface area is 113 Å². The van der Waals surface area contributed by atoms with Crippen LogP contribution in [-0.4, -0.2) is 23.5 Å². The van der Waals surface area contributed by atoms with Crippen molar-refractivity contribution in [2.24, 2.45) is 17.6 Å². The zero-order valence-corrected chi connectivity index (χ0v) is 11.6. The van der Waals surface area contributed by atoms with Crippen molar-refractivity contribution >= 4 is 17.2 Å². The first-order chi connectivity index (χ1) is 8.49. The third kappa shape index (κ3) is 3.06. The number of hydrogen-bond acceptors (Lipinski definition) is 2. The average Bonchev–Trinajstić information content (AvgIpc) is 2.96. The first-order valence-electron chi connectivity index (χ1n) is 6.24. The van der Waals surface area contributed by atoms with Crippen LogP contribution in [0.15, 0.2) is 18.2 Å². The lowest BCUT2D eigenvalue weighted by atomic mass is 10.1. The van der Waals surface area contributed by atoms with Gasteiger partial charge >= 0.3 is 0 Å². The maximum atomic E-state index is 14.1. The smallest absolute Gasteiger partial charge is 0.137 e. The maximum Gasteiger partial charge on any atom is 0.137 e. The van der Waals surface area contributed by atoms with Crippen molar-refractivity contribution in [2.75, 3.05) is 13.6 Å². The van der Waals surface area contributed by atoms with Crippen molar-refractivity contribution in [3.63, 3.8) is 0 Å². The van der Waals surface area contributed by atoms with Gasteiger partial charge in [0.15, 0.2) is 0 Å². The Morgan fingerprint density at radius 1 is 1.56 bits per heavy atom. The van der Waals surface area contributed by atoms with Crippen LogP contribution in [0.5, 0.6) is 0 Å². The van der Waals surface area contributed by atoms with Crippen molar-refractivity contribution in [3.05, 3.63) is 35.1 Å².